The van der Waals surface area contributed by atoms with E-state index in [0.717, 1.165) is 31.3 Å². The first-order valence-electron chi connectivity index (χ1n) is 5.92. The summed E-state index contributed by atoms with van der Waals surface area (Å²) in [7, 11) is 0. The molecule has 0 aromatic carbocycles. The molecule has 1 saturated carbocycles. The molecule has 0 spiro atoms. The van der Waals surface area contributed by atoms with Crippen molar-refractivity contribution in [1.29, 1.82) is 0 Å². The zero-order chi connectivity index (χ0) is 10.3. The molecule has 1 heterocycles. The Morgan fingerprint density at radius 1 is 1.43 bits per heavy atom. The fourth-order valence-electron chi connectivity index (χ4n) is 2.35. The van der Waals surface area contributed by atoms with Crippen molar-refractivity contribution in [3.05, 3.63) is 0 Å². The van der Waals surface area contributed by atoms with Crippen LogP contribution in [0.3, 0.4) is 0 Å². The molecular weight excluding hydrogens is 174 g/mol. The fourth-order valence-corrected chi connectivity index (χ4v) is 2.35. The molecule has 2 atom stereocenters. The molecule has 1 aliphatic heterocycles. The van der Waals surface area contributed by atoms with E-state index < -0.39 is 0 Å². The zero-order valence-corrected chi connectivity index (χ0v) is 9.49. The molecule has 0 bridgehead atoms. The third-order valence-electron chi connectivity index (χ3n) is 3.93. The molecule has 0 radical (unpaired) electrons. The van der Waals surface area contributed by atoms with E-state index in [1.54, 1.807) is 0 Å². The van der Waals surface area contributed by atoms with Crippen LogP contribution in [0.2, 0.25) is 0 Å². The second-order valence-corrected chi connectivity index (χ2v) is 5.26. The Morgan fingerprint density at radius 2 is 2.07 bits per heavy atom. The van der Waals surface area contributed by atoms with Crippen LogP contribution in [0.15, 0.2) is 0 Å². The molecule has 1 saturated heterocycles. The van der Waals surface area contributed by atoms with Gasteiger partial charge in [0.1, 0.15) is 0 Å². The number of hydrogen-bond acceptors (Lipinski definition) is 1. The molecule has 2 heteroatoms. The highest BCUT2D eigenvalue weighted by molar-refractivity contribution is 5.82. The second kappa shape index (κ2) is 3.56. The van der Waals surface area contributed by atoms with Crippen molar-refractivity contribution in [2.24, 2.45) is 23.7 Å². The van der Waals surface area contributed by atoms with Gasteiger partial charge in [-0.2, -0.15) is 0 Å². The summed E-state index contributed by atoms with van der Waals surface area (Å²) in [5.41, 5.74) is 0. The van der Waals surface area contributed by atoms with Crippen LogP contribution in [0.25, 0.3) is 0 Å². The van der Waals surface area contributed by atoms with Gasteiger partial charge in [-0.25, -0.2) is 0 Å². The summed E-state index contributed by atoms with van der Waals surface area (Å²) in [4.78, 5) is 13.9. The van der Waals surface area contributed by atoms with Gasteiger partial charge in [0.25, 0.3) is 0 Å². The Labute approximate surface area is 86.7 Å². The standard InChI is InChI=1S/C12H21NO/c1-4-9-5-11(9)12(14)13-6-10(7-13)8(2)3/h8-11H,4-7H2,1-3H3/t9?,11-/m0/s1. The first kappa shape index (κ1) is 10.0. The van der Waals surface area contributed by atoms with E-state index in [9.17, 15) is 4.79 Å². The molecule has 2 rings (SSSR count). The van der Waals surface area contributed by atoms with Gasteiger partial charge in [0.05, 0.1) is 0 Å². The minimum atomic E-state index is 0.396. The summed E-state index contributed by atoms with van der Waals surface area (Å²) in [5, 5.41) is 0. The SMILES string of the molecule is CCC1C[C@@H]1C(=O)N1CC(C(C)C)C1. The van der Waals surface area contributed by atoms with Crippen LogP contribution in [0.5, 0.6) is 0 Å². The first-order chi connectivity index (χ1) is 6.63. The Balaban J connectivity index is 1.75. The summed E-state index contributed by atoms with van der Waals surface area (Å²) in [6.45, 7) is 8.72. The Kier molecular flexibility index (Phi) is 2.54. The topological polar surface area (TPSA) is 20.3 Å². The minimum absolute atomic E-state index is 0.396. The number of rotatable bonds is 3. The maximum Gasteiger partial charge on any atom is 0.225 e. The average molecular weight is 195 g/mol. The number of amides is 1. The summed E-state index contributed by atoms with van der Waals surface area (Å²) >= 11 is 0. The van der Waals surface area contributed by atoms with E-state index in [1.165, 1.54) is 6.42 Å². The van der Waals surface area contributed by atoms with Crippen molar-refractivity contribution >= 4 is 5.91 Å². The van der Waals surface area contributed by atoms with Crippen molar-refractivity contribution in [1.82, 2.24) is 4.90 Å². The van der Waals surface area contributed by atoms with E-state index in [1.807, 2.05) is 0 Å². The fraction of sp³-hybridized carbons (Fsp3) is 0.917. The van der Waals surface area contributed by atoms with Crippen molar-refractivity contribution in [3.8, 4) is 0 Å². The lowest BCUT2D eigenvalue weighted by Gasteiger charge is -2.41. The molecule has 80 valence electrons. The van der Waals surface area contributed by atoms with Crippen LogP contribution < -0.4 is 0 Å². The number of carbonyl (C=O) groups excluding carboxylic acids is 1. The van der Waals surface area contributed by atoms with Crippen LogP contribution in [0.4, 0.5) is 0 Å². The van der Waals surface area contributed by atoms with Gasteiger partial charge in [-0.1, -0.05) is 27.2 Å². The average Bonchev–Trinajstić information content (AvgIpc) is 2.78. The second-order valence-electron chi connectivity index (χ2n) is 5.26. The lowest BCUT2D eigenvalue weighted by atomic mass is 9.88. The van der Waals surface area contributed by atoms with Gasteiger partial charge in [-0.15, -0.1) is 0 Å². The first-order valence-corrected chi connectivity index (χ1v) is 5.92. The molecule has 14 heavy (non-hydrogen) atoms. The lowest BCUT2D eigenvalue weighted by molar-refractivity contribution is -0.140. The van der Waals surface area contributed by atoms with Gasteiger partial charge in [-0.3, -0.25) is 4.79 Å². The molecule has 2 fully saturated rings. The Bertz CT molecular complexity index is 230. The van der Waals surface area contributed by atoms with Gasteiger partial charge >= 0.3 is 0 Å². The van der Waals surface area contributed by atoms with Crippen molar-refractivity contribution < 1.29 is 4.79 Å². The number of likely N-dealkylation sites (tertiary alicyclic amines) is 1. The van der Waals surface area contributed by atoms with Crippen LogP contribution >= 0.6 is 0 Å². The summed E-state index contributed by atoms with van der Waals surface area (Å²) in [6, 6.07) is 0. The molecule has 0 aromatic heterocycles. The zero-order valence-electron chi connectivity index (χ0n) is 9.49. The van der Waals surface area contributed by atoms with E-state index >= 15 is 0 Å². The highest BCUT2D eigenvalue weighted by Gasteiger charge is 2.46. The van der Waals surface area contributed by atoms with E-state index in [2.05, 4.69) is 25.7 Å². The maximum atomic E-state index is 11.9. The molecule has 1 unspecified atom stereocenters. The largest absolute Gasteiger partial charge is 0.342 e. The predicted molar refractivity (Wildman–Crippen MR) is 56.8 cm³/mol. The summed E-state index contributed by atoms with van der Waals surface area (Å²) < 4.78 is 0. The van der Waals surface area contributed by atoms with E-state index in [-0.39, 0.29) is 0 Å². The molecule has 1 amide bonds. The molecule has 2 aliphatic rings. The quantitative estimate of drug-likeness (QED) is 0.675. The van der Waals surface area contributed by atoms with Crippen LogP contribution in [-0.2, 0) is 4.79 Å². The van der Waals surface area contributed by atoms with Crippen molar-refractivity contribution in [2.75, 3.05) is 13.1 Å². The smallest absolute Gasteiger partial charge is 0.225 e. The van der Waals surface area contributed by atoms with Gasteiger partial charge in [0.2, 0.25) is 5.91 Å². The highest BCUT2D eigenvalue weighted by atomic mass is 16.2. The molecule has 2 nitrogen and oxygen atoms in total. The molecule has 0 N–H and O–H groups in total. The lowest BCUT2D eigenvalue weighted by Crippen LogP contribution is -2.52. The monoisotopic (exact) mass is 195 g/mol. The number of hydrogen-bond donors (Lipinski definition) is 0. The minimum Gasteiger partial charge on any atom is -0.342 e. The third kappa shape index (κ3) is 1.67. The van der Waals surface area contributed by atoms with Crippen molar-refractivity contribution in [3.63, 3.8) is 0 Å². The van der Waals surface area contributed by atoms with E-state index in [0.29, 0.717) is 17.7 Å². The van der Waals surface area contributed by atoms with Gasteiger partial charge in [0, 0.05) is 19.0 Å². The van der Waals surface area contributed by atoms with Crippen LogP contribution in [0.1, 0.15) is 33.6 Å². The molecule has 1 aliphatic carbocycles. The summed E-state index contributed by atoms with van der Waals surface area (Å²) in [6.07, 6.45) is 2.33. The van der Waals surface area contributed by atoms with Gasteiger partial charge in [0.15, 0.2) is 0 Å². The predicted octanol–water partition coefficient (Wildman–Crippen LogP) is 2.15. The van der Waals surface area contributed by atoms with E-state index in [4.69, 9.17) is 0 Å². The van der Waals surface area contributed by atoms with Gasteiger partial charge in [-0.05, 0) is 24.2 Å². The van der Waals surface area contributed by atoms with Crippen LogP contribution in [-0.4, -0.2) is 23.9 Å². The Hall–Kier alpha value is -0.530. The Morgan fingerprint density at radius 3 is 2.50 bits per heavy atom. The normalized spacial score (nSPS) is 31.9. The summed E-state index contributed by atoms with van der Waals surface area (Å²) in [5.74, 6) is 3.04. The molecule has 0 aromatic rings. The third-order valence-corrected chi connectivity index (χ3v) is 3.93. The maximum absolute atomic E-state index is 11.9. The van der Waals surface area contributed by atoms with Crippen LogP contribution in [0, 0.1) is 23.7 Å². The number of carbonyl (C=O) groups is 1. The number of nitrogens with zero attached hydrogens (tertiary/aromatic N) is 1. The van der Waals surface area contributed by atoms with Crippen molar-refractivity contribution in [2.45, 2.75) is 33.6 Å². The molecular formula is C12H21NO. The van der Waals surface area contributed by atoms with Gasteiger partial charge < -0.3 is 4.90 Å². The highest BCUT2D eigenvalue weighted by Crippen LogP contribution is 2.43.